The molecule has 6 heteroatoms. The zero-order chi connectivity index (χ0) is 13.0. The Balaban J connectivity index is 1.93. The van der Waals surface area contributed by atoms with Gasteiger partial charge >= 0.3 is 0 Å². The van der Waals surface area contributed by atoms with Crippen LogP contribution < -0.4 is 5.32 Å². The maximum absolute atomic E-state index is 11.9. The monoisotopic (exact) mass is 254 g/mol. The van der Waals surface area contributed by atoms with Gasteiger partial charge in [-0.2, -0.15) is 0 Å². The molecular formula is C12H18N2O4. The highest BCUT2D eigenvalue weighted by atomic mass is 16.5. The average Bonchev–Trinajstić information content (AvgIpc) is 2.81. The first kappa shape index (κ1) is 13.0. The van der Waals surface area contributed by atoms with E-state index < -0.39 is 6.10 Å². The van der Waals surface area contributed by atoms with Gasteiger partial charge in [0, 0.05) is 13.2 Å². The van der Waals surface area contributed by atoms with Crippen LogP contribution in [0, 0.1) is 0 Å². The van der Waals surface area contributed by atoms with Crippen LogP contribution in [0.25, 0.3) is 0 Å². The highest BCUT2D eigenvalue weighted by molar-refractivity contribution is 5.92. The van der Waals surface area contributed by atoms with E-state index in [9.17, 15) is 9.90 Å². The van der Waals surface area contributed by atoms with E-state index in [0.717, 1.165) is 25.7 Å². The predicted octanol–water partition coefficient (Wildman–Crippen LogP) is 0.854. The average molecular weight is 254 g/mol. The van der Waals surface area contributed by atoms with E-state index in [-0.39, 0.29) is 24.2 Å². The van der Waals surface area contributed by atoms with Crippen molar-refractivity contribution in [2.45, 2.75) is 44.4 Å². The molecule has 0 aliphatic heterocycles. The van der Waals surface area contributed by atoms with Gasteiger partial charge in [0.15, 0.2) is 11.5 Å². The number of aromatic nitrogens is 1. The minimum absolute atomic E-state index is 0.186. The van der Waals surface area contributed by atoms with Crippen LogP contribution in [0.5, 0.6) is 0 Å². The Bertz CT molecular complexity index is 405. The summed E-state index contributed by atoms with van der Waals surface area (Å²) in [7, 11) is 1.54. The number of methoxy groups -OCH3 is 1. The fourth-order valence-electron chi connectivity index (χ4n) is 2.15. The molecule has 0 radical (unpaired) electrons. The number of ether oxygens (including phenoxy) is 1. The molecule has 2 atom stereocenters. The summed E-state index contributed by atoms with van der Waals surface area (Å²) in [6, 6.07) is 1.36. The summed E-state index contributed by atoms with van der Waals surface area (Å²) in [5, 5.41) is 16.2. The highest BCUT2D eigenvalue weighted by Gasteiger charge is 2.25. The first-order valence-electron chi connectivity index (χ1n) is 6.14. The fourth-order valence-corrected chi connectivity index (χ4v) is 2.15. The number of carbonyl (C=O) groups is 1. The lowest BCUT2D eigenvalue weighted by Crippen LogP contribution is -2.45. The zero-order valence-corrected chi connectivity index (χ0v) is 10.4. The molecule has 1 aromatic heterocycles. The molecule has 1 fully saturated rings. The third kappa shape index (κ3) is 3.08. The molecule has 100 valence electrons. The van der Waals surface area contributed by atoms with Gasteiger partial charge in [-0.3, -0.25) is 4.79 Å². The van der Waals surface area contributed by atoms with Gasteiger partial charge in [-0.1, -0.05) is 18.0 Å². The summed E-state index contributed by atoms with van der Waals surface area (Å²) in [5.74, 6) is 0.193. The second-order valence-corrected chi connectivity index (χ2v) is 4.54. The number of nitrogens with one attached hydrogen (secondary N) is 1. The summed E-state index contributed by atoms with van der Waals surface area (Å²) >= 11 is 0. The molecule has 1 aliphatic carbocycles. The van der Waals surface area contributed by atoms with Crippen molar-refractivity contribution in [3.63, 3.8) is 0 Å². The van der Waals surface area contributed by atoms with Gasteiger partial charge in [0.25, 0.3) is 5.91 Å². The summed E-state index contributed by atoms with van der Waals surface area (Å²) in [5.41, 5.74) is 0.222. The molecule has 1 aromatic rings. The van der Waals surface area contributed by atoms with Gasteiger partial charge in [0.1, 0.15) is 6.61 Å². The second-order valence-electron chi connectivity index (χ2n) is 4.54. The van der Waals surface area contributed by atoms with E-state index in [0.29, 0.717) is 5.76 Å². The maximum atomic E-state index is 11.9. The third-order valence-corrected chi connectivity index (χ3v) is 3.12. The van der Waals surface area contributed by atoms with E-state index >= 15 is 0 Å². The number of hydrogen-bond acceptors (Lipinski definition) is 5. The maximum Gasteiger partial charge on any atom is 0.273 e. The van der Waals surface area contributed by atoms with Crippen molar-refractivity contribution in [1.29, 1.82) is 0 Å². The van der Waals surface area contributed by atoms with Gasteiger partial charge in [0.2, 0.25) is 0 Å². The molecule has 18 heavy (non-hydrogen) atoms. The minimum Gasteiger partial charge on any atom is -0.391 e. The molecule has 2 N–H and O–H groups in total. The zero-order valence-electron chi connectivity index (χ0n) is 10.4. The van der Waals surface area contributed by atoms with Crippen LogP contribution in [-0.4, -0.2) is 35.4 Å². The Morgan fingerprint density at radius 2 is 2.39 bits per heavy atom. The van der Waals surface area contributed by atoms with Crippen molar-refractivity contribution in [3.05, 3.63) is 17.5 Å². The molecule has 2 rings (SSSR count). The molecule has 1 amide bonds. The van der Waals surface area contributed by atoms with Crippen LogP contribution >= 0.6 is 0 Å². The number of amides is 1. The van der Waals surface area contributed by atoms with Gasteiger partial charge in [-0.15, -0.1) is 0 Å². The van der Waals surface area contributed by atoms with Crippen molar-refractivity contribution in [3.8, 4) is 0 Å². The van der Waals surface area contributed by atoms with Crippen molar-refractivity contribution in [2.24, 2.45) is 0 Å². The number of carbonyl (C=O) groups excluding carboxylic acids is 1. The van der Waals surface area contributed by atoms with Gasteiger partial charge in [-0.05, 0) is 12.8 Å². The molecule has 1 saturated carbocycles. The van der Waals surface area contributed by atoms with Crippen molar-refractivity contribution in [2.75, 3.05) is 7.11 Å². The molecule has 1 heterocycles. The smallest absolute Gasteiger partial charge is 0.273 e. The number of nitrogens with zero attached hydrogens (tertiary/aromatic N) is 1. The third-order valence-electron chi connectivity index (χ3n) is 3.12. The Morgan fingerprint density at radius 3 is 3.11 bits per heavy atom. The van der Waals surface area contributed by atoms with E-state index in [1.807, 2.05) is 0 Å². The predicted molar refractivity (Wildman–Crippen MR) is 62.9 cm³/mol. The standard InChI is InChI=1S/C12H18N2O4/c1-17-7-8-6-10(14-18-8)12(16)13-9-4-2-3-5-11(9)15/h6,9,11,15H,2-5,7H2,1H3,(H,13,16)/t9-,11-/m1/s1. The van der Waals surface area contributed by atoms with E-state index in [1.165, 1.54) is 0 Å². The van der Waals surface area contributed by atoms with Crippen LogP contribution in [0.2, 0.25) is 0 Å². The number of rotatable bonds is 4. The van der Waals surface area contributed by atoms with Crippen molar-refractivity contribution in [1.82, 2.24) is 10.5 Å². The summed E-state index contributed by atoms with van der Waals surface area (Å²) < 4.78 is 9.83. The molecule has 0 aromatic carbocycles. The van der Waals surface area contributed by atoms with E-state index in [1.54, 1.807) is 13.2 Å². The van der Waals surface area contributed by atoms with Crippen LogP contribution in [-0.2, 0) is 11.3 Å². The molecule has 0 saturated heterocycles. The lowest BCUT2D eigenvalue weighted by Gasteiger charge is -2.27. The Hall–Kier alpha value is -1.40. The topological polar surface area (TPSA) is 84.6 Å². The summed E-state index contributed by atoms with van der Waals surface area (Å²) in [6.45, 7) is 0.284. The first-order chi connectivity index (χ1) is 8.70. The second kappa shape index (κ2) is 5.97. The van der Waals surface area contributed by atoms with Crippen molar-refractivity contribution < 1.29 is 19.2 Å². The first-order valence-corrected chi connectivity index (χ1v) is 6.14. The number of aliphatic hydroxyl groups excluding tert-OH is 1. The quantitative estimate of drug-likeness (QED) is 0.832. The molecule has 0 spiro atoms. The van der Waals surface area contributed by atoms with Crippen molar-refractivity contribution >= 4 is 5.91 Å². The lowest BCUT2D eigenvalue weighted by atomic mass is 9.92. The summed E-state index contributed by atoms with van der Waals surface area (Å²) in [6.07, 6.45) is 3.10. The molecule has 1 aliphatic rings. The number of hydrogen-bond donors (Lipinski definition) is 2. The molecular weight excluding hydrogens is 236 g/mol. The Morgan fingerprint density at radius 1 is 1.61 bits per heavy atom. The van der Waals surface area contributed by atoms with Crippen LogP contribution in [0.3, 0.4) is 0 Å². The SMILES string of the molecule is COCc1cc(C(=O)N[C@@H]2CCCC[C@H]2O)no1. The minimum atomic E-state index is -0.465. The van der Waals surface area contributed by atoms with Gasteiger partial charge in [0.05, 0.1) is 12.1 Å². The molecule has 0 bridgehead atoms. The Labute approximate surface area is 105 Å². The summed E-state index contributed by atoms with van der Waals surface area (Å²) in [4.78, 5) is 11.9. The largest absolute Gasteiger partial charge is 0.391 e. The van der Waals surface area contributed by atoms with E-state index in [2.05, 4.69) is 10.5 Å². The Kier molecular flexibility index (Phi) is 4.33. The van der Waals surface area contributed by atoms with E-state index in [4.69, 9.17) is 9.26 Å². The molecule has 6 nitrogen and oxygen atoms in total. The van der Waals surface area contributed by atoms with Crippen LogP contribution in [0.15, 0.2) is 10.6 Å². The highest BCUT2D eigenvalue weighted by Crippen LogP contribution is 2.18. The van der Waals surface area contributed by atoms with Gasteiger partial charge < -0.3 is 19.7 Å². The van der Waals surface area contributed by atoms with Crippen LogP contribution in [0.4, 0.5) is 0 Å². The van der Waals surface area contributed by atoms with Gasteiger partial charge in [-0.25, -0.2) is 0 Å². The fraction of sp³-hybridized carbons (Fsp3) is 0.667. The molecule has 0 unspecified atom stereocenters. The normalized spacial score (nSPS) is 23.9. The lowest BCUT2D eigenvalue weighted by molar-refractivity contribution is 0.0710. The van der Waals surface area contributed by atoms with Crippen LogP contribution in [0.1, 0.15) is 41.9 Å². The number of aliphatic hydroxyl groups is 1.